The Morgan fingerprint density at radius 3 is 2.69 bits per heavy atom. The minimum absolute atomic E-state index is 0.00604. The number of imidazole rings is 1. The number of rotatable bonds is 10. The van der Waals surface area contributed by atoms with Crippen LogP contribution in [0.3, 0.4) is 0 Å². The van der Waals surface area contributed by atoms with E-state index in [4.69, 9.17) is 4.74 Å². The van der Waals surface area contributed by atoms with Crippen molar-refractivity contribution in [2.45, 2.75) is 24.3 Å². The zero-order chi connectivity index (χ0) is 20.9. The Morgan fingerprint density at radius 1 is 1.28 bits per heavy atom. The third-order valence-electron chi connectivity index (χ3n) is 5.24. The molecule has 0 aliphatic carbocycles. The molecule has 7 nitrogen and oxygen atoms in total. The van der Waals surface area contributed by atoms with E-state index in [2.05, 4.69) is 10.3 Å². The van der Waals surface area contributed by atoms with E-state index in [-0.39, 0.29) is 22.7 Å². The van der Waals surface area contributed by atoms with Crippen molar-refractivity contribution in [2.24, 2.45) is 13.0 Å². The van der Waals surface area contributed by atoms with Crippen molar-refractivity contribution in [3.8, 4) is 0 Å². The first-order chi connectivity index (χ1) is 13.9. The lowest BCUT2D eigenvalue weighted by Crippen LogP contribution is -2.31. The van der Waals surface area contributed by atoms with Gasteiger partial charge in [0, 0.05) is 45.5 Å². The van der Waals surface area contributed by atoms with Gasteiger partial charge >= 0.3 is 0 Å². The predicted octanol–water partition coefficient (Wildman–Crippen LogP) is 1.98. The van der Waals surface area contributed by atoms with Crippen molar-refractivity contribution in [1.29, 1.82) is 0 Å². The molecule has 1 N–H and O–H groups in total. The van der Waals surface area contributed by atoms with Crippen LogP contribution in [0.5, 0.6) is 0 Å². The molecule has 1 fully saturated rings. The summed E-state index contributed by atoms with van der Waals surface area (Å²) in [5.41, 5.74) is 0.950. The van der Waals surface area contributed by atoms with E-state index < -0.39 is 10.0 Å². The summed E-state index contributed by atoms with van der Waals surface area (Å²) in [6.07, 6.45) is 3.90. The summed E-state index contributed by atoms with van der Waals surface area (Å²) in [5.74, 6) is -0.213. The van der Waals surface area contributed by atoms with E-state index >= 15 is 0 Å². The van der Waals surface area contributed by atoms with Crippen LogP contribution in [0.1, 0.15) is 24.8 Å². The fourth-order valence-electron chi connectivity index (χ4n) is 3.71. The van der Waals surface area contributed by atoms with Gasteiger partial charge in [-0.25, -0.2) is 17.8 Å². The molecule has 0 amide bonds. The van der Waals surface area contributed by atoms with Gasteiger partial charge < -0.3 is 14.6 Å². The minimum atomic E-state index is -3.66. The third-order valence-corrected chi connectivity index (χ3v) is 6.96. The van der Waals surface area contributed by atoms with Gasteiger partial charge in [-0.2, -0.15) is 4.31 Å². The molecule has 29 heavy (non-hydrogen) atoms. The van der Waals surface area contributed by atoms with Gasteiger partial charge in [-0.05, 0) is 50.0 Å². The summed E-state index contributed by atoms with van der Waals surface area (Å²) >= 11 is 0. The zero-order valence-electron chi connectivity index (χ0n) is 16.9. The van der Waals surface area contributed by atoms with Gasteiger partial charge in [0.15, 0.2) is 5.03 Å². The van der Waals surface area contributed by atoms with Crippen molar-refractivity contribution in [2.75, 3.05) is 39.4 Å². The highest BCUT2D eigenvalue weighted by atomic mass is 32.2. The lowest BCUT2D eigenvalue weighted by molar-refractivity contribution is 0.144. The number of benzene rings is 1. The molecule has 0 radical (unpaired) electrons. The van der Waals surface area contributed by atoms with Crippen LogP contribution >= 0.6 is 0 Å². The first kappa shape index (κ1) is 21.9. The van der Waals surface area contributed by atoms with Crippen molar-refractivity contribution in [1.82, 2.24) is 19.2 Å². The highest BCUT2D eigenvalue weighted by Crippen LogP contribution is 2.35. The van der Waals surface area contributed by atoms with Gasteiger partial charge in [0.1, 0.15) is 5.82 Å². The van der Waals surface area contributed by atoms with Crippen LogP contribution in [0.25, 0.3) is 0 Å². The lowest BCUT2D eigenvalue weighted by atomic mass is 9.89. The summed E-state index contributed by atoms with van der Waals surface area (Å²) in [5, 5.41) is 3.48. The number of nitrogens with one attached hydrogen (secondary N) is 1. The van der Waals surface area contributed by atoms with Crippen molar-refractivity contribution < 1.29 is 17.5 Å². The summed E-state index contributed by atoms with van der Waals surface area (Å²) in [6.45, 7) is 5.62. The zero-order valence-corrected chi connectivity index (χ0v) is 17.7. The van der Waals surface area contributed by atoms with Gasteiger partial charge in [-0.1, -0.05) is 12.1 Å². The monoisotopic (exact) mass is 424 g/mol. The van der Waals surface area contributed by atoms with Gasteiger partial charge in [0.2, 0.25) is 0 Å². The Morgan fingerprint density at radius 2 is 2.03 bits per heavy atom. The van der Waals surface area contributed by atoms with E-state index in [0.29, 0.717) is 32.8 Å². The second kappa shape index (κ2) is 9.80. The first-order valence-electron chi connectivity index (χ1n) is 9.94. The minimum Gasteiger partial charge on any atom is -0.382 e. The summed E-state index contributed by atoms with van der Waals surface area (Å²) in [7, 11) is -1.92. The number of ether oxygens (including phenoxy) is 1. The van der Waals surface area contributed by atoms with Crippen LogP contribution in [0.4, 0.5) is 4.39 Å². The number of halogens is 1. The molecule has 1 aliphatic rings. The Kier molecular flexibility index (Phi) is 7.39. The number of hydrogen-bond acceptors (Lipinski definition) is 5. The van der Waals surface area contributed by atoms with E-state index in [9.17, 15) is 12.8 Å². The highest BCUT2D eigenvalue weighted by Gasteiger charge is 2.40. The molecule has 1 aliphatic heterocycles. The van der Waals surface area contributed by atoms with Crippen molar-refractivity contribution >= 4 is 10.0 Å². The fraction of sp³-hybridized carbons (Fsp3) is 0.550. The third kappa shape index (κ3) is 5.42. The van der Waals surface area contributed by atoms with Crippen LogP contribution in [-0.4, -0.2) is 61.7 Å². The maximum absolute atomic E-state index is 13.4. The van der Waals surface area contributed by atoms with Crippen molar-refractivity contribution in [3.63, 3.8) is 0 Å². The van der Waals surface area contributed by atoms with E-state index in [1.54, 1.807) is 23.7 Å². The second-order valence-electron chi connectivity index (χ2n) is 7.37. The summed E-state index contributed by atoms with van der Waals surface area (Å²) < 4.78 is 47.9. The van der Waals surface area contributed by atoms with Crippen LogP contribution in [0.2, 0.25) is 0 Å². The molecule has 0 bridgehead atoms. The number of sulfonamides is 1. The van der Waals surface area contributed by atoms with Crippen LogP contribution in [-0.2, 0) is 21.8 Å². The largest absolute Gasteiger partial charge is 0.382 e. The number of aromatic nitrogens is 2. The molecule has 3 rings (SSSR count). The maximum Gasteiger partial charge on any atom is 0.262 e. The number of hydrogen-bond donors (Lipinski definition) is 1. The molecular weight excluding hydrogens is 395 g/mol. The molecule has 0 saturated carbocycles. The summed E-state index contributed by atoms with van der Waals surface area (Å²) in [4.78, 5) is 4.02. The molecule has 160 valence electrons. The molecule has 1 aromatic carbocycles. The summed E-state index contributed by atoms with van der Waals surface area (Å²) in [6, 6.07) is 6.35. The SMILES string of the molecule is CCOCCCNC[C@H]1CN(S(=O)(=O)c2cn(C)cn2)C[C@@H]1c1ccc(F)cc1. The molecule has 9 heteroatoms. The van der Waals surface area contributed by atoms with Gasteiger partial charge in [-0.15, -0.1) is 0 Å². The standard InChI is InChI=1S/C20H29FN4O3S/c1-3-28-10-4-9-22-11-17-12-25(29(26,27)20-14-24(2)15-23-20)13-19(17)16-5-7-18(21)8-6-16/h5-8,14-15,17,19,22H,3-4,9-13H2,1-2H3/t17-,19+/m0/s1. The maximum atomic E-state index is 13.4. The molecule has 2 atom stereocenters. The highest BCUT2D eigenvalue weighted by molar-refractivity contribution is 7.89. The Balaban J connectivity index is 1.72. The van der Waals surface area contributed by atoms with Gasteiger partial charge in [-0.3, -0.25) is 0 Å². The molecule has 0 spiro atoms. The Hall–Kier alpha value is -1.81. The molecular formula is C20H29FN4O3S. The van der Waals surface area contributed by atoms with E-state index in [0.717, 1.165) is 18.5 Å². The smallest absolute Gasteiger partial charge is 0.262 e. The average Bonchev–Trinajstić information content (AvgIpc) is 3.32. The number of nitrogens with zero attached hydrogens (tertiary/aromatic N) is 3. The van der Waals surface area contributed by atoms with Gasteiger partial charge in [0.25, 0.3) is 10.0 Å². The fourth-order valence-corrected chi connectivity index (χ4v) is 5.20. The molecule has 0 unspecified atom stereocenters. The molecule has 2 aromatic rings. The second-order valence-corrected chi connectivity index (χ2v) is 9.26. The lowest BCUT2D eigenvalue weighted by Gasteiger charge is -2.19. The molecule has 1 saturated heterocycles. The topological polar surface area (TPSA) is 76.5 Å². The van der Waals surface area contributed by atoms with Crippen LogP contribution < -0.4 is 5.32 Å². The van der Waals surface area contributed by atoms with E-state index in [1.165, 1.54) is 29.0 Å². The Labute approximate surface area is 171 Å². The average molecular weight is 425 g/mol. The molecule has 2 heterocycles. The molecule has 1 aromatic heterocycles. The van der Waals surface area contributed by atoms with Crippen LogP contribution in [0, 0.1) is 11.7 Å². The van der Waals surface area contributed by atoms with Gasteiger partial charge in [0.05, 0.1) is 6.33 Å². The quantitative estimate of drug-likeness (QED) is 0.590. The predicted molar refractivity (Wildman–Crippen MR) is 109 cm³/mol. The Bertz CT molecular complexity index is 885. The first-order valence-corrected chi connectivity index (χ1v) is 11.4. The van der Waals surface area contributed by atoms with Crippen LogP contribution in [0.15, 0.2) is 41.8 Å². The van der Waals surface area contributed by atoms with E-state index in [1.807, 2.05) is 6.92 Å². The number of aryl methyl sites for hydroxylation is 1. The normalized spacial score (nSPS) is 20.4. The van der Waals surface area contributed by atoms with Crippen molar-refractivity contribution in [3.05, 3.63) is 48.2 Å².